The number of nitrogens with zero attached hydrogens (tertiary/aromatic N) is 1. The van der Waals surface area contributed by atoms with Gasteiger partial charge >= 0.3 is 0 Å². The lowest BCUT2D eigenvalue weighted by Gasteiger charge is -2.25. The average molecular weight is 342 g/mol. The third kappa shape index (κ3) is 4.78. The molecule has 2 aromatic carbocycles. The van der Waals surface area contributed by atoms with E-state index in [1.54, 1.807) is 31.2 Å². The van der Waals surface area contributed by atoms with Gasteiger partial charge in [-0.25, -0.2) is 4.39 Å². The molecule has 2 unspecified atom stereocenters. The van der Waals surface area contributed by atoms with Crippen LogP contribution in [0.25, 0.3) is 0 Å². The summed E-state index contributed by atoms with van der Waals surface area (Å²) < 4.78 is 18.5. The molecule has 25 heavy (non-hydrogen) atoms. The molecule has 2 rings (SSSR count). The van der Waals surface area contributed by atoms with Gasteiger partial charge in [0.05, 0.1) is 12.1 Å². The van der Waals surface area contributed by atoms with Gasteiger partial charge in [0.15, 0.2) is 6.10 Å². The maximum Gasteiger partial charge on any atom is 0.260 e. The normalized spacial score (nSPS) is 14.0. The van der Waals surface area contributed by atoms with E-state index in [4.69, 9.17) is 10.00 Å². The molecule has 0 fully saturated rings. The van der Waals surface area contributed by atoms with Crippen molar-refractivity contribution in [2.45, 2.75) is 25.6 Å². The van der Waals surface area contributed by atoms with E-state index in [9.17, 15) is 14.3 Å². The van der Waals surface area contributed by atoms with Crippen molar-refractivity contribution in [1.82, 2.24) is 5.32 Å². The van der Waals surface area contributed by atoms with Crippen LogP contribution in [0.15, 0.2) is 48.5 Å². The fraction of sp³-hybridized carbons (Fsp3) is 0.263. The molecule has 0 aliphatic carbocycles. The van der Waals surface area contributed by atoms with Crippen molar-refractivity contribution < 1.29 is 19.0 Å². The summed E-state index contributed by atoms with van der Waals surface area (Å²) in [6.45, 7) is 3.01. The first-order valence-electron chi connectivity index (χ1n) is 7.75. The van der Waals surface area contributed by atoms with Crippen LogP contribution in [0.2, 0.25) is 0 Å². The maximum atomic E-state index is 13.0. The van der Waals surface area contributed by atoms with E-state index in [2.05, 4.69) is 5.32 Å². The highest BCUT2D eigenvalue weighted by Gasteiger charge is 2.25. The van der Waals surface area contributed by atoms with Crippen LogP contribution in [-0.4, -0.2) is 23.7 Å². The van der Waals surface area contributed by atoms with Crippen molar-refractivity contribution in [2.75, 3.05) is 6.54 Å². The molecule has 2 N–H and O–H groups in total. The molecule has 0 spiro atoms. The number of carbonyl (C=O) groups is 1. The minimum atomic E-state index is -1.35. The Morgan fingerprint density at radius 1 is 1.32 bits per heavy atom. The SMILES string of the molecule is CC(Oc1ccccc1C#N)C(=O)NCC(C)(O)c1ccc(F)cc1. The Bertz CT molecular complexity index is 782. The van der Waals surface area contributed by atoms with Crippen LogP contribution >= 0.6 is 0 Å². The first-order chi connectivity index (χ1) is 11.8. The number of benzene rings is 2. The monoisotopic (exact) mass is 342 g/mol. The molecule has 0 aliphatic rings. The first-order valence-corrected chi connectivity index (χ1v) is 7.75. The summed E-state index contributed by atoms with van der Waals surface area (Å²) in [5, 5.41) is 22.1. The van der Waals surface area contributed by atoms with E-state index in [1.807, 2.05) is 6.07 Å². The minimum Gasteiger partial charge on any atom is -0.480 e. The number of amides is 1. The third-order valence-corrected chi connectivity index (χ3v) is 3.75. The molecular formula is C19H19FN2O3. The molecule has 0 aromatic heterocycles. The van der Waals surface area contributed by atoms with E-state index >= 15 is 0 Å². The number of hydrogen-bond acceptors (Lipinski definition) is 4. The molecular weight excluding hydrogens is 323 g/mol. The summed E-state index contributed by atoms with van der Waals surface area (Å²) in [5.41, 5.74) is -0.536. The maximum absolute atomic E-state index is 13.0. The Morgan fingerprint density at radius 3 is 2.60 bits per heavy atom. The molecule has 5 nitrogen and oxygen atoms in total. The van der Waals surface area contributed by atoms with Gasteiger partial charge in [-0.3, -0.25) is 4.79 Å². The van der Waals surface area contributed by atoms with Crippen LogP contribution in [0.4, 0.5) is 4.39 Å². The summed E-state index contributed by atoms with van der Waals surface area (Å²) in [5.74, 6) is -0.519. The number of carbonyl (C=O) groups excluding carboxylic acids is 1. The number of aliphatic hydroxyl groups is 1. The third-order valence-electron chi connectivity index (χ3n) is 3.75. The second-order valence-corrected chi connectivity index (χ2v) is 5.87. The van der Waals surface area contributed by atoms with Crippen molar-refractivity contribution in [1.29, 1.82) is 5.26 Å². The molecule has 0 heterocycles. The Balaban J connectivity index is 1.97. The van der Waals surface area contributed by atoms with Crippen molar-refractivity contribution in [3.05, 3.63) is 65.5 Å². The van der Waals surface area contributed by atoms with Crippen LogP contribution in [-0.2, 0) is 10.4 Å². The number of nitriles is 1. The number of para-hydroxylation sites is 1. The second kappa shape index (κ2) is 7.77. The highest BCUT2D eigenvalue weighted by Crippen LogP contribution is 2.21. The van der Waals surface area contributed by atoms with Gasteiger partial charge in [0.2, 0.25) is 0 Å². The van der Waals surface area contributed by atoms with Gasteiger partial charge in [-0.15, -0.1) is 0 Å². The Morgan fingerprint density at radius 2 is 1.96 bits per heavy atom. The Labute approximate surface area is 145 Å². The number of halogens is 1. The van der Waals surface area contributed by atoms with Crippen molar-refractivity contribution in [2.24, 2.45) is 0 Å². The van der Waals surface area contributed by atoms with Gasteiger partial charge in [0.1, 0.15) is 23.2 Å². The van der Waals surface area contributed by atoms with Crippen molar-refractivity contribution >= 4 is 5.91 Å². The number of rotatable bonds is 6. The molecule has 0 aliphatic heterocycles. The summed E-state index contributed by atoms with van der Waals surface area (Å²) in [6.07, 6.45) is -0.849. The first kappa shape index (κ1) is 18.4. The van der Waals surface area contributed by atoms with Gasteiger partial charge in [-0.1, -0.05) is 24.3 Å². The van der Waals surface area contributed by atoms with Gasteiger partial charge in [0.25, 0.3) is 5.91 Å². The lowest BCUT2D eigenvalue weighted by atomic mass is 9.96. The molecule has 130 valence electrons. The molecule has 1 amide bonds. The Kier molecular flexibility index (Phi) is 5.73. The van der Waals surface area contributed by atoms with Crippen LogP contribution in [0, 0.1) is 17.1 Å². The zero-order valence-corrected chi connectivity index (χ0v) is 14.0. The molecule has 0 radical (unpaired) electrons. The highest BCUT2D eigenvalue weighted by molar-refractivity contribution is 5.80. The number of hydrogen-bond donors (Lipinski definition) is 2. The van der Waals surface area contributed by atoms with E-state index < -0.39 is 23.4 Å². The van der Waals surface area contributed by atoms with Crippen LogP contribution in [0.5, 0.6) is 5.75 Å². The zero-order chi connectivity index (χ0) is 18.4. The molecule has 6 heteroatoms. The fourth-order valence-electron chi connectivity index (χ4n) is 2.22. The average Bonchev–Trinajstić information content (AvgIpc) is 2.60. The second-order valence-electron chi connectivity index (χ2n) is 5.87. The molecule has 2 aromatic rings. The van der Waals surface area contributed by atoms with Gasteiger partial charge in [-0.05, 0) is 43.7 Å². The summed E-state index contributed by atoms with van der Waals surface area (Å²) in [6, 6.07) is 14.0. The quantitative estimate of drug-likeness (QED) is 0.845. The van der Waals surface area contributed by atoms with E-state index in [1.165, 1.54) is 31.2 Å². The minimum absolute atomic E-state index is 0.0644. The summed E-state index contributed by atoms with van der Waals surface area (Å²) in [4.78, 5) is 12.2. The fourth-order valence-corrected chi connectivity index (χ4v) is 2.22. The molecule has 0 bridgehead atoms. The van der Waals surface area contributed by atoms with Crippen LogP contribution in [0.3, 0.4) is 0 Å². The lowest BCUT2D eigenvalue weighted by molar-refractivity contribution is -0.128. The Hall–Kier alpha value is -2.91. The summed E-state index contributed by atoms with van der Waals surface area (Å²) >= 11 is 0. The molecule has 0 saturated carbocycles. The van der Waals surface area contributed by atoms with Gasteiger partial charge < -0.3 is 15.2 Å². The topological polar surface area (TPSA) is 82.3 Å². The standard InChI is InChI=1S/C19H19FN2O3/c1-13(25-17-6-4-3-5-14(17)11-21)18(23)22-12-19(2,24)15-7-9-16(20)10-8-15/h3-10,13,24H,12H2,1-2H3,(H,22,23). The van der Waals surface area contributed by atoms with E-state index in [-0.39, 0.29) is 6.54 Å². The van der Waals surface area contributed by atoms with E-state index in [0.717, 1.165) is 0 Å². The number of nitrogens with one attached hydrogen (secondary N) is 1. The molecule has 0 saturated heterocycles. The van der Waals surface area contributed by atoms with Crippen molar-refractivity contribution in [3.8, 4) is 11.8 Å². The lowest BCUT2D eigenvalue weighted by Crippen LogP contribution is -2.43. The van der Waals surface area contributed by atoms with Crippen LogP contribution < -0.4 is 10.1 Å². The number of ether oxygens (including phenoxy) is 1. The summed E-state index contributed by atoms with van der Waals surface area (Å²) in [7, 11) is 0. The predicted octanol–water partition coefficient (Wildman–Crippen LogP) is 2.49. The van der Waals surface area contributed by atoms with E-state index in [0.29, 0.717) is 16.9 Å². The largest absolute Gasteiger partial charge is 0.480 e. The van der Waals surface area contributed by atoms with Gasteiger partial charge in [-0.2, -0.15) is 5.26 Å². The van der Waals surface area contributed by atoms with Crippen LogP contribution in [0.1, 0.15) is 25.0 Å². The van der Waals surface area contributed by atoms with Gasteiger partial charge in [0, 0.05) is 0 Å². The zero-order valence-electron chi connectivity index (χ0n) is 14.0. The predicted molar refractivity (Wildman–Crippen MR) is 90.2 cm³/mol. The van der Waals surface area contributed by atoms with Crippen molar-refractivity contribution in [3.63, 3.8) is 0 Å². The highest BCUT2D eigenvalue weighted by atomic mass is 19.1. The smallest absolute Gasteiger partial charge is 0.260 e. The molecule has 2 atom stereocenters.